The van der Waals surface area contributed by atoms with Crippen molar-refractivity contribution >= 4 is 12.2 Å². The summed E-state index contributed by atoms with van der Waals surface area (Å²) in [4.78, 5) is 13.2. The normalized spacial score (nSPS) is 10.6. The van der Waals surface area contributed by atoms with E-state index in [1.807, 2.05) is 0 Å². The Labute approximate surface area is 95.2 Å². The predicted molar refractivity (Wildman–Crippen MR) is 60.3 cm³/mol. The van der Waals surface area contributed by atoms with Crippen molar-refractivity contribution in [3.8, 4) is 0 Å². The maximum Gasteiger partial charge on any atom is 0.271 e. The molecule has 0 radical (unpaired) electrons. The molecule has 0 fully saturated rings. The second-order valence-corrected chi connectivity index (χ2v) is 3.07. The second-order valence-electron chi connectivity index (χ2n) is 3.07. The first-order valence-corrected chi connectivity index (χ1v) is 4.71. The zero-order valence-electron chi connectivity index (χ0n) is 8.59. The van der Waals surface area contributed by atoms with Crippen molar-refractivity contribution in [2.45, 2.75) is 0 Å². The number of aromatic amines is 1. The quantitative estimate of drug-likeness (QED) is 0.605. The molecule has 2 aromatic rings. The van der Waals surface area contributed by atoms with Crippen molar-refractivity contribution in [1.29, 1.82) is 0 Å². The summed E-state index contributed by atoms with van der Waals surface area (Å²) in [7, 11) is 0. The predicted octanol–water partition coefficient (Wildman–Crippen LogP) is 0.750. The van der Waals surface area contributed by atoms with Gasteiger partial charge in [0.1, 0.15) is 12.0 Å². The molecule has 0 unspecified atom stereocenters. The van der Waals surface area contributed by atoms with Crippen LogP contribution in [0.3, 0.4) is 0 Å². The lowest BCUT2D eigenvalue weighted by molar-refractivity contribution is 0.626. The molecule has 2 N–H and O–H groups in total. The lowest BCUT2D eigenvalue weighted by Crippen LogP contribution is -2.10. The van der Waals surface area contributed by atoms with E-state index in [0.717, 1.165) is 6.20 Å². The van der Waals surface area contributed by atoms with Gasteiger partial charge in [0.05, 0.1) is 6.21 Å². The maximum atomic E-state index is 13.2. The molecule has 2 rings (SSSR count). The van der Waals surface area contributed by atoms with Crippen LogP contribution in [0.4, 0.5) is 10.3 Å². The minimum absolute atomic E-state index is 0.0880. The van der Waals surface area contributed by atoms with Gasteiger partial charge in [-0.3, -0.25) is 9.78 Å². The molecule has 0 bridgehead atoms. The Morgan fingerprint density at radius 1 is 1.41 bits per heavy atom. The number of anilines is 1. The number of nitrogens with zero attached hydrogens (tertiary/aromatic N) is 3. The average molecular weight is 233 g/mol. The Morgan fingerprint density at radius 2 is 2.24 bits per heavy atom. The number of halogens is 1. The molecule has 1 aromatic heterocycles. The lowest BCUT2D eigenvalue weighted by atomic mass is 10.2. The van der Waals surface area contributed by atoms with Crippen LogP contribution in [-0.2, 0) is 0 Å². The summed E-state index contributed by atoms with van der Waals surface area (Å²) in [6.07, 6.45) is 2.31. The molecule has 1 aromatic carbocycles. The van der Waals surface area contributed by atoms with Crippen LogP contribution in [0.1, 0.15) is 5.56 Å². The van der Waals surface area contributed by atoms with Gasteiger partial charge in [-0.1, -0.05) is 18.2 Å². The minimum atomic E-state index is -0.399. The number of hydrogen-bond acceptors (Lipinski definition) is 5. The second kappa shape index (κ2) is 4.97. The first-order valence-electron chi connectivity index (χ1n) is 4.71. The van der Waals surface area contributed by atoms with Gasteiger partial charge in [0.2, 0.25) is 5.95 Å². The van der Waals surface area contributed by atoms with Crippen LogP contribution < -0.4 is 11.0 Å². The Hall–Kier alpha value is -2.57. The van der Waals surface area contributed by atoms with Crippen LogP contribution in [0.2, 0.25) is 0 Å². The van der Waals surface area contributed by atoms with Crippen molar-refractivity contribution in [3.05, 3.63) is 52.2 Å². The Bertz CT molecular complexity index is 595. The highest BCUT2D eigenvalue weighted by Gasteiger charge is 1.96. The van der Waals surface area contributed by atoms with Crippen LogP contribution in [0, 0.1) is 5.82 Å². The fourth-order valence-electron chi connectivity index (χ4n) is 1.11. The van der Waals surface area contributed by atoms with E-state index in [-0.39, 0.29) is 11.8 Å². The van der Waals surface area contributed by atoms with Gasteiger partial charge < -0.3 is 0 Å². The molecule has 0 aliphatic rings. The number of rotatable bonds is 3. The lowest BCUT2D eigenvalue weighted by Gasteiger charge is -1.97. The highest BCUT2D eigenvalue weighted by molar-refractivity contribution is 5.80. The van der Waals surface area contributed by atoms with Gasteiger partial charge in [0, 0.05) is 5.56 Å². The first kappa shape index (κ1) is 10.9. The zero-order valence-corrected chi connectivity index (χ0v) is 8.59. The maximum absolute atomic E-state index is 13.2. The van der Waals surface area contributed by atoms with E-state index >= 15 is 0 Å². The van der Waals surface area contributed by atoms with E-state index < -0.39 is 5.56 Å². The highest BCUT2D eigenvalue weighted by Crippen LogP contribution is 2.02. The largest absolute Gasteiger partial charge is 0.289 e. The van der Waals surface area contributed by atoms with Crippen LogP contribution in [0.15, 0.2) is 40.4 Å². The molecule has 0 spiro atoms. The van der Waals surface area contributed by atoms with E-state index in [4.69, 9.17) is 0 Å². The third-order valence-corrected chi connectivity index (χ3v) is 1.85. The van der Waals surface area contributed by atoms with E-state index in [2.05, 4.69) is 25.7 Å². The molecule has 0 aliphatic heterocycles. The monoisotopic (exact) mass is 233 g/mol. The first-order chi connectivity index (χ1) is 8.25. The Kier molecular flexibility index (Phi) is 3.20. The van der Waals surface area contributed by atoms with Crippen LogP contribution in [0.5, 0.6) is 0 Å². The molecule has 0 saturated carbocycles. The SMILES string of the molecule is O=c1cnnc(N/N=C/c2ccccc2F)[nH]1. The summed E-state index contributed by atoms with van der Waals surface area (Å²) < 4.78 is 13.2. The third kappa shape index (κ3) is 2.94. The molecule has 0 amide bonds. The van der Waals surface area contributed by atoms with Gasteiger partial charge in [0.15, 0.2) is 0 Å². The van der Waals surface area contributed by atoms with E-state index in [1.54, 1.807) is 18.2 Å². The van der Waals surface area contributed by atoms with Gasteiger partial charge in [-0.25, -0.2) is 9.82 Å². The van der Waals surface area contributed by atoms with Crippen molar-refractivity contribution in [2.24, 2.45) is 5.10 Å². The van der Waals surface area contributed by atoms with Gasteiger partial charge >= 0.3 is 0 Å². The Morgan fingerprint density at radius 3 is 3.00 bits per heavy atom. The van der Waals surface area contributed by atoms with Gasteiger partial charge in [-0.05, 0) is 6.07 Å². The fraction of sp³-hybridized carbons (Fsp3) is 0. The standard InChI is InChI=1S/C10H8FN5O/c11-8-4-2-1-3-7(8)5-12-15-10-14-9(17)6-13-16-10/h1-6H,(H2,14,15,16,17)/b12-5+. The van der Waals surface area contributed by atoms with Crippen LogP contribution >= 0.6 is 0 Å². The number of benzene rings is 1. The summed E-state index contributed by atoms with van der Waals surface area (Å²) in [5.74, 6) is -0.296. The van der Waals surface area contributed by atoms with Crippen molar-refractivity contribution in [3.63, 3.8) is 0 Å². The van der Waals surface area contributed by atoms with Gasteiger partial charge in [-0.15, -0.1) is 10.2 Å². The molecule has 6 nitrogen and oxygen atoms in total. The summed E-state index contributed by atoms with van der Waals surface area (Å²) in [6, 6.07) is 6.17. The molecule has 0 saturated heterocycles. The van der Waals surface area contributed by atoms with Crippen molar-refractivity contribution < 1.29 is 4.39 Å². The van der Waals surface area contributed by atoms with Gasteiger partial charge in [0.25, 0.3) is 5.56 Å². The third-order valence-electron chi connectivity index (χ3n) is 1.85. The average Bonchev–Trinajstić information content (AvgIpc) is 2.32. The number of H-pyrrole nitrogens is 1. The highest BCUT2D eigenvalue weighted by atomic mass is 19.1. The number of nitrogens with one attached hydrogen (secondary N) is 2. The minimum Gasteiger partial charge on any atom is -0.289 e. The molecular formula is C10H8FN5O. The molecule has 0 aliphatic carbocycles. The van der Waals surface area contributed by atoms with Crippen molar-refractivity contribution in [1.82, 2.24) is 15.2 Å². The smallest absolute Gasteiger partial charge is 0.271 e. The summed E-state index contributed by atoms with van der Waals surface area (Å²) >= 11 is 0. The molecule has 1 heterocycles. The molecule has 17 heavy (non-hydrogen) atoms. The topological polar surface area (TPSA) is 83.0 Å². The Balaban J connectivity index is 2.08. The van der Waals surface area contributed by atoms with Crippen LogP contribution in [0.25, 0.3) is 0 Å². The summed E-state index contributed by atoms with van der Waals surface area (Å²) in [6.45, 7) is 0. The number of hydrogen-bond donors (Lipinski definition) is 2. The molecular weight excluding hydrogens is 225 g/mol. The van der Waals surface area contributed by atoms with E-state index in [0.29, 0.717) is 5.56 Å². The van der Waals surface area contributed by atoms with Crippen molar-refractivity contribution in [2.75, 3.05) is 5.43 Å². The molecule has 7 heteroatoms. The molecule has 0 atom stereocenters. The molecule has 86 valence electrons. The number of hydrazone groups is 1. The zero-order chi connectivity index (χ0) is 12.1. The summed E-state index contributed by atoms with van der Waals surface area (Å²) in [5, 5.41) is 10.7. The number of aromatic nitrogens is 3. The van der Waals surface area contributed by atoms with Gasteiger partial charge in [-0.2, -0.15) is 5.10 Å². The van der Waals surface area contributed by atoms with Crippen LogP contribution in [-0.4, -0.2) is 21.4 Å². The van der Waals surface area contributed by atoms with E-state index in [1.165, 1.54) is 12.3 Å². The fourth-order valence-corrected chi connectivity index (χ4v) is 1.11. The summed E-state index contributed by atoms with van der Waals surface area (Å²) in [5.41, 5.74) is 2.36. The van der Waals surface area contributed by atoms with E-state index in [9.17, 15) is 9.18 Å².